The van der Waals surface area contributed by atoms with E-state index >= 15 is 0 Å². The number of hydrogen-bond acceptors (Lipinski definition) is 4. The summed E-state index contributed by atoms with van der Waals surface area (Å²) in [5.41, 5.74) is 4.69. The van der Waals surface area contributed by atoms with Gasteiger partial charge in [-0.1, -0.05) is 55.0 Å². The molecule has 35 heavy (non-hydrogen) atoms. The lowest BCUT2D eigenvalue weighted by molar-refractivity contribution is -0.142. The van der Waals surface area contributed by atoms with Gasteiger partial charge in [-0.05, 0) is 54.9 Å². The first-order valence-electron chi connectivity index (χ1n) is 12.5. The first-order chi connectivity index (χ1) is 16.9. The first-order valence-corrected chi connectivity index (χ1v) is 12.5. The van der Waals surface area contributed by atoms with Crippen molar-refractivity contribution in [3.63, 3.8) is 0 Å². The molecule has 1 unspecified atom stereocenters. The molecule has 186 valence electrons. The van der Waals surface area contributed by atoms with E-state index in [4.69, 9.17) is 9.84 Å². The molecule has 1 fully saturated rings. The number of amides is 2. The van der Waals surface area contributed by atoms with E-state index in [2.05, 4.69) is 29.6 Å². The van der Waals surface area contributed by atoms with Crippen LogP contribution in [0.4, 0.5) is 4.79 Å². The highest BCUT2D eigenvalue weighted by Crippen LogP contribution is 2.44. The molecule has 0 saturated heterocycles. The predicted molar refractivity (Wildman–Crippen MR) is 133 cm³/mol. The number of carbonyl (C=O) groups is 3. The van der Waals surface area contributed by atoms with Crippen LogP contribution in [0.25, 0.3) is 11.1 Å². The van der Waals surface area contributed by atoms with Crippen LogP contribution in [0.3, 0.4) is 0 Å². The topological polar surface area (TPSA) is 95.9 Å². The SMILES string of the molecule is CCN(C(=O)[C@@H]1CCC[C@@H]1CNC(=O)OCC1c2ccccc2-c2ccccc21)C(C)CC(=O)O. The summed E-state index contributed by atoms with van der Waals surface area (Å²) in [6.45, 7) is 4.74. The second-order valence-electron chi connectivity index (χ2n) is 9.58. The molecule has 0 aromatic heterocycles. The van der Waals surface area contributed by atoms with Crippen LogP contribution < -0.4 is 5.32 Å². The molecule has 2 aromatic rings. The molecule has 7 nitrogen and oxygen atoms in total. The number of fused-ring (bicyclic) bond motifs is 3. The smallest absolute Gasteiger partial charge is 0.407 e. The van der Waals surface area contributed by atoms with E-state index in [-0.39, 0.29) is 42.7 Å². The molecule has 0 heterocycles. The molecule has 0 spiro atoms. The number of benzene rings is 2. The van der Waals surface area contributed by atoms with Gasteiger partial charge in [0.05, 0.1) is 6.42 Å². The molecule has 2 N–H and O–H groups in total. The van der Waals surface area contributed by atoms with Crippen molar-refractivity contribution >= 4 is 18.0 Å². The van der Waals surface area contributed by atoms with Crippen molar-refractivity contribution in [3.8, 4) is 11.1 Å². The van der Waals surface area contributed by atoms with Gasteiger partial charge < -0.3 is 20.1 Å². The second kappa shape index (κ2) is 10.9. The van der Waals surface area contributed by atoms with Gasteiger partial charge in [0.15, 0.2) is 0 Å². The highest BCUT2D eigenvalue weighted by molar-refractivity contribution is 5.81. The maximum absolute atomic E-state index is 13.2. The van der Waals surface area contributed by atoms with Crippen LogP contribution in [0.2, 0.25) is 0 Å². The lowest BCUT2D eigenvalue weighted by Crippen LogP contribution is -2.45. The summed E-state index contributed by atoms with van der Waals surface area (Å²) in [5.74, 6) is -1.11. The Labute approximate surface area is 206 Å². The van der Waals surface area contributed by atoms with Gasteiger partial charge in [-0.3, -0.25) is 9.59 Å². The molecule has 2 aliphatic rings. The van der Waals surface area contributed by atoms with Crippen molar-refractivity contribution in [2.75, 3.05) is 19.7 Å². The fourth-order valence-electron chi connectivity index (χ4n) is 5.73. The van der Waals surface area contributed by atoms with E-state index in [9.17, 15) is 14.4 Å². The molecule has 1 saturated carbocycles. The zero-order valence-corrected chi connectivity index (χ0v) is 20.4. The Kier molecular flexibility index (Phi) is 7.73. The predicted octanol–water partition coefficient (Wildman–Crippen LogP) is 4.65. The number of nitrogens with one attached hydrogen (secondary N) is 1. The van der Waals surface area contributed by atoms with E-state index in [1.54, 1.807) is 11.8 Å². The average molecular weight is 479 g/mol. The van der Waals surface area contributed by atoms with Crippen LogP contribution in [0.15, 0.2) is 48.5 Å². The Morgan fingerprint density at radius 2 is 1.69 bits per heavy atom. The van der Waals surface area contributed by atoms with Crippen molar-refractivity contribution in [2.45, 2.75) is 51.5 Å². The van der Waals surface area contributed by atoms with Gasteiger partial charge in [-0.2, -0.15) is 0 Å². The quantitative estimate of drug-likeness (QED) is 0.547. The van der Waals surface area contributed by atoms with Crippen LogP contribution in [-0.2, 0) is 14.3 Å². The van der Waals surface area contributed by atoms with Gasteiger partial charge in [-0.25, -0.2) is 4.79 Å². The maximum atomic E-state index is 13.2. The normalized spacial score (nSPS) is 19.5. The van der Waals surface area contributed by atoms with Crippen LogP contribution in [0, 0.1) is 11.8 Å². The third-order valence-electron chi connectivity index (χ3n) is 7.45. The molecule has 0 radical (unpaired) electrons. The van der Waals surface area contributed by atoms with Gasteiger partial charge in [0, 0.05) is 31.0 Å². The van der Waals surface area contributed by atoms with Gasteiger partial charge >= 0.3 is 12.1 Å². The van der Waals surface area contributed by atoms with E-state index in [1.807, 2.05) is 31.2 Å². The second-order valence-corrected chi connectivity index (χ2v) is 9.58. The molecule has 0 aliphatic heterocycles. The minimum Gasteiger partial charge on any atom is -0.481 e. The van der Waals surface area contributed by atoms with E-state index < -0.39 is 12.1 Å². The van der Waals surface area contributed by atoms with Gasteiger partial charge in [0.2, 0.25) is 5.91 Å². The van der Waals surface area contributed by atoms with E-state index in [1.165, 1.54) is 11.1 Å². The lowest BCUT2D eigenvalue weighted by Gasteiger charge is -2.31. The third-order valence-corrected chi connectivity index (χ3v) is 7.45. The number of nitrogens with zero attached hydrogens (tertiary/aromatic N) is 1. The summed E-state index contributed by atoms with van der Waals surface area (Å²) < 4.78 is 5.64. The number of carboxylic acids is 1. The Bertz CT molecular complexity index is 1040. The zero-order valence-electron chi connectivity index (χ0n) is 20.4. The van der Waals surface area contributed by atoms with Crippen LogP contribution in [0.1, 0.15) is 56.6 Å². The molecule has 2 aliphatic carbocycles. The minimum absolute atomic E-state index is 0.00259. The fourth-order valence-corrected chi connectivity index (χ4v) is 5.73. The number of rotatable bonds is 9. The van der Waals surface area contributed by atoms with Crippen molar-refractivity contribution < 1.29 is 24.2 Å². The molecule has 4 rings (SSSR count). The van der Waals surface area contributed by atoms with Gasteiger partial charge in [-0.15, -0.1) is 0 Å². The molecule has 2 amide bonds. The van der Waals surface area contributed by atoms with E-state index in [0.717, 1.165) is 30.4 Å². The van der Waals surface area contributed by atoms with Gasteiger partial charge in [0.25, 0.3) is 0 Å². The number of alkyl carbamates (subject to hydrolysis) is 1. The summed E-state index contributed by atoms with van der Waals surface area (Å²) in [6, 6.07) is 16.1. The summed E-state index contributed by atoms with van der Waals surface area (Å²) in [6.07, 6.45) is 1.97. The van der Waals surface area contributed by atoms with Crippen molar-refractivity contribution in [1.82, 2.24) is 10.2 Å². The maximum Gasteiger partial charge on any atom is 0.407 e. The van der Waals surface area contributed by atoms with Crippen LogP contribution in [0.5, 0.6) is 0 Å². The minimum atomic E-state index is -0.913. The Hall–Kier alpha value is -3.35. The van der Waals surface area contributed by atoms with Crippen molar-refractivity contribution in [1.29, 1.82) is 0 Å². The average Bonchev–Trinajstić information content (AvgIpc) is 3.44. The van der Waals surface area contributed by atoms with Crippen molar-refractivity contribution in [3.05, 3.63) is 59.7 Å². The summed E-state index contributed by atoms with van der Waals surface area (Å²) in [4.78, 5) is 38.5. The summed E-state index contributed by atoms with van der Waals surface area (Å²) >= 11 is 0. The summed E-state index contributed by atoms with van der Waals surface area (Å²) in [5, 5.41) is 12.0. The number of carboxylic acid groups (broad SMARTS) is 1. The molecule has 2 aromatic carbocycles. The highest BCUT2D eigenvalue weighted by atomic mass is 16.5. The number of carbonyl (C=O) groups excluding carboxylic acids is 2. The van der Waals surface area contributed by atoms with Crippen LogP contribution >= 0.6 is 0 Å². The van der Waals surface area contributed by atoms with Gasteiger partial charge in [0.1, 0.15) is 6.61 Å². The summed E-state index contributed by atoms with van der Waals surface area (Å²) in [7, 11) is 0. The third kappa shape index (κ3) is 5.34. The molecular weight excluding hydrogens is 444 g/mol. The molecular formula is C28H34N2O5. The Morgan fingerprint density at radius 1 is 1.06 bits per heavy atom. The fraction of sp³-hybridized carbons (Fsp3) is 0.464. The standard InChI is InChI=1S/C28H34N2O5/c1-3-30(18(2)15-26(31)32)27(33)20-14-8-9-19(20)16-29-28(34)35-17-25-23-12-6-4-10-21(23)22-11-5-7-13-24(22)25/h4-7,10-13,18-20,25H,3,8-9,14-17H2,1-2H3,(H,29,34)(H,31,32)/t18?,19-,20-/m1/s1. The van der Waals surface area contributed by atoms with Crippen LogP contribution in [-0.4, -0.2) is 53.7 Å². The monoisotopic (exact) mass is 478 g/mol. The Balaban J connectivity index is 1.32. The molecule has 3 atom stereocenters. The highest BCUT2D eigenvalue weighted by Gasteiger charge is 2.37. The zero-order chi connectivity index (χ0) is 24.9. The Morgan fingerprint density at radius 3 is 2.29 bits per heavy atom. The molecule has 7 heteroatoms. The molecule has 0 bridgehead atoms. The number of aliphatic carboxylic acids is 1. The first kappa shape index (κ1) is 24.8. The van der Waals surface area contributed by atoms with E-state index in [0.29, 0.717) is 13.1 Å². The lowest BCUT2D eigenvalue weighted by atomic mass is 9.93. The largest absolute Gasteiger partial charge is 0.481 e. The number of ether oxygens (including phenoxy) is 1. The number of hydrogen-bond donors (Lipinski definition) is 2. The van der Waals surface area contributed by atoms with Crippen molar-refractivity contribution in [2.24, 2.45) is 11.8 Å².